The van der Waals surface area contributed by atoms with E-state index < -0.39 is 51.8 Å². The van der Waals surface area contributed by atoms with Gasteiger partial charge in [-0.05, 0) is 64.2 Å². The minimum Gasteiger partial charge on any atom is -0.490 e. The van der Waals surface area contributed by atoms with Gasteiger partial charge in [0.25, 0.3) is 0 Å². The smallest absolute Gasteiger partial charge is 0.411 e. The second-order valence-corrected chi connectivity index (χ2v) is 14.8. The lowest BCUT2D eigenvalue weighted by atomic mass is 10.0. The van der Waals surface area contributed by atoms with Gasteiger partial charge in [-0.25, -0.2) is 22.7 Å². The van der Waals surface area contributed by atoms with E-state index in [9.17, 15) is 27.9 Å². The second kappa shape index (κ2) is 17.1. The summed E-state index contributed by atoms with van der Waals surface area (Å²) in [6.45, 7) is 10.1. The molecule has 2 fully saturated rings. The molecule has 15 nitrogen and oxygen atoms in total. The number of amides is 1. The zero-order valence-corrected chi connectivity index (χ0v) is 28.5. The third kappa shape index (κ3) is 12.2. The Labute approximate surface area is 277 Å². The number of hydrogen-bond donors (Lipinski definition) is 5. The van der Waals surface area contributed by atoms with Crippen LogP contribution in [0.25, 0.3) is 0 Å². The fraction of sp³-hybridized carbons (Fsp3) is 0.677. The minimum absolute atomic E-state index is 0.00267. The van der Waals surface area contributed by atoms with Crippen molar-refractivity contribution in [3.8, 4) is 5.75 Å². The van der Waals surface area contributed by atoms with Gasteiger partial charge in [0.05, 0.1) is 18.3 Å². The number of hydrogen-bond acceptors (Lipinski definition) is 11. The molecule has 4 unspecified atom stereocenters. The molecule has 2 aliphatic rings. The van der Waals surface area contributed by atoms with E-state index in [4.69, 9.17) is 25.4 Å². The van der Waals surface area contributed by atoms with Crippen LogP contribution in [0, 0.1) is 5.41 Å². The quantitative estimate of drug-likeness (QED) is 0.0842. The van der Waals surface area contributed by atoms with Crippen LogP contribution in [0.2, 0.25) is 0 Å². The van der Waals surface area contributed by atoms with Crippen LogP contribution in [0.4, 0.5) is 4.79 Å². The van der Waals surface area contributed by atoms with Crippen molar-refractivity contribution >= 4 is 33.9 Å². The highest BCUT2D eigenvalue weighted by molar-refractivity contribution is 7.89. The number of aliphatic carboxylic acids is 1. The third-order valence-electron chi connectivity index (χ3n) is 7.81. The predicted octanol–water partition coefficient (Wildman–Crippen LogP) is 1.30. The number of rotatable bonds is 18. The Morgan fingerprint density at radius 1 is 1.17 bits per heavy atom. The van der Waals surface area contributed by atoms with Crippen molar-refractivity contribution in [2.75, 3.05) is 45.1 Å². The Bertz CT molecular complexity index is 1330. The lowest BCUT2D eigenvalue weighted by molar-refractivity contribution is -0.160. The first-order valence-electron chi connectivity index (χ1n) is 16.0. The summed E-state index contributed by atoms with van der Waals surface area (Å²) in [6, 6.07) is 3.88. The number of cyclic esters (lactones) is 1. The zero-order valence-electron chi connectivity index (χ0n) is 27.7. The molecule has 0 spiro atoms. The summed E-state index contributed by atoms with van der Waals surface area (Å²) < 4.78 is 43.8. The van der Waals surface area contributed by atoms with Crippen LogP contribution in [-0.4, -0.2) is 122 Å². The van der Waals surface area contributed by atoms with E-state index in [-0.39, 0.29) is 43.6 Å². The minimum atomic E-state index is -3.73. The van der Waals surface area contributed by atoms with Crippen LogP contribution in [0.3, 0.4) is 0 Å². The van der Waals surface area contributed by atoms with Crippen molar-refractivity contribution in [1.82, 2.24) is 19.8 Å². The molecule has 0 saturated carbocycles. The van der Waals surface area contributed by atoms with Gasteiger partial charge in [0.15, 0.2) is 6.10 Å². The molecule has 2 heterocycles. The van der Waals surface area contributed by atoms with Gasteiger partial charge in [0.2, 0.25) is 10.0 Å². The van der Waals surface area contributed by atoms with Gasteiger partial charge in [-0.1, -0.05) is 25.5 Å². The van der Waals surface area contributed by atoms with Crippen molar-refractivity contribution in [3.05, 3.63) is 29.8 Å². The van der Waals surface area contributed by atoms with Gasteiger partial charge in [0, 0.05) is 26.2 Å². The molecule has 3 rings (SSSR count). The number of esters is 1. The van der Waals surface area contributed by atoms with E-state index >= 15 is 0 Å². The molecule has 6 N–H and O–H groups in total. The first-order chi connectivity index (χ1) is 22.1. The van der Waals surface area contributed by atoms with E-state index in [2.05, 4.69) is 14.9 Å². The van der Waals surface area contributed by atoms with E-state index in [1.807, 2.05) is 6.92 Å². The molecular weight excluding hydrogens is 632 g/mol. The van der Waals surface area contributed by atoms with Gasteiger partial charge in [0.1, 0.15) is 35.9 Å². The molecule has 0 aromatic heterocycles. The van der Waals surface area contributed by atoms with Crippen LogP contribution in [-0.2, 0) is 35.5 Å². The molecule has 47 heavy (non-hydrogen) atoms. The Balaban J connectivity index is 1.62. The van der Waals surface area contributed by atoms with E-state index in [1.165, 1.54) is 4.90 Å². The van der Waals surface area contributed by atoms with Gasteiger partial charge in [-0.15, -0.1) is 0 Å². The van der Waals surface area contributed by atoms with Crippen molar-refractivity contribution < 1.29 is 42.1 Å². The number of carboxylic acid groups (broad SMARTS) is 1. The normalized spacial score (nSPS) is 19.4. The Hall–Kier alpha value is -3.47. The number of piperazine rings is 1. The number of sulfonamides is 1. The van der Waals surface area contributed by atoms with Crippen LogP contribution in [0.5, 0.6) is 5.75 Å². The molecule has 16 heteroatoms. The number of nitrogens with zero attached hydrogens (tertiary/aromatic N) is 2. The monoisotopic (exact) mass is 682 g/mol. The lowest BCUT2D eigenvalue weighted by Gasteiger charge is -2.35. The van der Waals surface area contributed by atoms with Crippen molar-refractivity contribution in [2.45, 2.75) is 89.6 Å². The van der Waals surface area contributed by atoms with Gasteiger partial charge in [-0.3, -0.25) is 20.0 Å². The van der Waals surface area contributed by atoms with Crippen LogP contribution < -0.4 is 20.5 Å². The summed E-state index contributed by atoms with van der Waals surface area (Å²) in [4.78, 5) is 41.5. The summed E-state index contributed by atoms with van der Waals surface area (Å²) in [6.07, 6.45) is 0.285. The number of ether oxygens (including phenoxy) is 3. The topological polar surface area (TPSA) is 214 Å². The van der Waals surface area contributed by atoms with Crippen LogP contribution in [0.15, 0.2) is 24.3 Å². The number of benzene rings is 1. The second-order valence-electron chi connectivity index (χ2n) is 12.9. The standard InChI is InChI=1S/C31H50N6O9S/c1-5-6-17-47(42,43)35-24(28(38)39)18-21-7-9-22(10-8-21)44-20-23-19-37(30(41)45-23)26(29(40)46-31(2,3)4)12-11-25(27(32)33)36-15-13-34-14-16-36/h7-10,23-26,34-35H,5-6,11-20H2,1-4H3,(H3,32,33)(H,38,39). The number of carbonyl (C=O) groups is 3. The van der Waals surface area contributed by atoms with Crippen LogP contribution >= 0.6 is 0 Å². The molecule has 4 atom stereocenters. The summed E-state index contributed by atoms with van der Waals surface area (Å²) in [5, 5.41) is 21.0. The summed E-state index contributed by atoms with van der Waals surface area (Å²) in [5.41, 5.74) is 5.75. The highest BCUT2D eigenvalue weighted by Crippen LogP contribution is 2.24. The fourth-order valence-corrected chi connectivity index (χ4v) is 6.84. The van der Waals surface area contributed by atoms with E-state index in [1.54, 1.807) is 45.0 Å². The third-order valence-corrected chi connectivity index (χ3v) is 9.28. The maximum Gasteiger partial charge on any atom is 0.411 e. The van der Waals surface area contributed by atoms with E-state index in [0.29, 0.717) is 43.7 Å². The number of amidine groups is 1. The number of carboxylic acids is 1. The fourth-order valence-electron chi connectivity index (χ4n) is 5.43. The van der Waals surface area contributed by atoms with Crippen molar-refractivity contribution in [2.24, 2.45) is 5.73 Å². The molecule has 0 aliphatic carbocycles. The molecule has 1 amide bonds. The lowest BCUT2D eigenvalue weighted by Crippen LogP contribution is -2.53. The molecular formula is C31H50N6O9S. The summed E-state index contributed by atoms with van der Waals surface area (Å²) in [7, 11) is -3.73. The molecule has 2 aliphatic heterocycles. The van der Waals surface area contributed by atoms with Crippen LogP contribution in [0.1, 0.15) is 58.9 Å². The molecule has 0 radical (unpaired) electrons. The molecule has 2 saturated heterocycles. The first-order valence-corrected chi connectivity index (χ1v) is 17.7. The summed E-state index contributed by atoms with van der Waals surface area (Å²) in [5.74, 6) is -1.55. The number of nitrogens with two attached hydrogens (primary N) is 1. The van der Waals surface area contributed by atoms with Gasteiger partial charge in [-0.2, -0.15) is 0 Å². The predicted molar refractivity (Wildman–Crippen MR) is 175 cm³/mol. The Kier molecular flexibility index (Phi) is 13.8. The SMILES string of the molecule is CCCCS(=O)(=O)NC(Cc1ccc(OCC2CN(C(CCC(C(=N)N)N3CCNCC3)C(=O)OC(C)(C)C)C(=O)O2)cc1)C(=O)O. The number of carbonyl (C=O) groups excluding carboxylic acids is 2. The molecule has 1 aromatic rings. The average molecular weight is 683 g/mol. The van der Waals surface area contributed by atoms with E-state index in [0.717, 1.165) is 13.1 Å². The molecule has 1 aromatic carbocycles. The first kappa shape index (κ1) is 38.0. The molecule has 264 valence electrons. The largest absolute Gasteiger partial charge is 0.490 e. The number of nitrogens with one attached hydrogen (secondary N) is 3. The highest BCUT2D eigenvalue weighted by Gasteiger charge is 2.42. The van der Waals surface area contributed by atoms with Crippen molar-refractivity contribution in [1.29, 1.82) is 5.41 Å². The van der Waals surface area contributed by atoms with Gasteiger partial charge < -0.3 is 30.4 Å². The van der Waals surface area contributed by atoms with Crippen molar-refractivity contribution in [3.63, 3.8) is 0 Å². The zero-order chi connectivity index (χ0) is 34.8. The molecule has 0 bridgehead atoms. The highest BCUT2D eigenvalue weighted by atomic mass is 32.2. The number of unbranched alkanes of at least 4 members (excludes halogenated alkanes) is 1. The maximum atomic E-state index is 13.3. The van der Waals surface area contributed by atoms with Gasteiger partial charge >= 0.3 is 18.0 Å². The summed E-state index contributed by atoms with van der Waals surface area (Å²) >= 11 is 0. The maximum absolute atomic E-state index is 13.3. The Morgan fingerprint density at radius 2 is 1.81 bits per heavy atom. The average Bonchev–Trinajstić information content (AvgIpc) is 3.36. The Morgan fingerprint density at radius 3 is 2.38 bits per heavy atom.